The molecule has 0 saturated carbocycles. The minimum atomic E-state index is -3.41. The number of amidine groups is 1. The van der Waals surface area contributed by atoms with E-state index in [0.29, 0.717) is 41.9 Å². The Hall–Kier alpha value is -2.72. The number of methoxy groups -OCH3 is 1. The van der Waals surface area contributed by atoms with E-state index in [9.17, 15) is 13.2 Å². The van der Waals surface area contributed by atoms with Gasteiger partial charge in [-0.3, -0.25) is 4.79 Å². The molecule has 0 unspecified atom stereocenters. The number of nitrogens with zero attached hydrogens (tertiary/aromatic N) is 2. The van der Waals surface area contributed by atoms with Crippen LogP contribution in [0.25, 0.3) is 0 Å². The van der Waals surface area contributed by atoms with Gasteiger partial charge in [0.05, 0.1) is 25.2 Å². The van der Waals surface area contributed by atoms with Crippen LogP contribution in [0.3, 0.4) is 0 Å². The van der Waals surface area contributed by atoms with Crippen LogP contribution < -0.4 is 19.7 Å². The van der Waals surface area contributed by atoms with E-state index in [1.807, 2.05) is 29.2 Å². The molecule has 32 heavy (non-hydrogen) atoms. The number of thioether (sulfide) groups is 1. The van der Waals surface area contributed by atoms with E-state index in [4.69, 9.17) is 9.47 Å². The lowest BCUT2D eigenvalue weighted by Gasteiger charge is -2.22. The van der Waals surface area contributed by atoms with Crippen molar-refractivity contribution < 1.29 is 22.7 Å². The van der Waals surface area contributed by atoms with Crippen molar-refractivity contribution >= 4 is 38.5 Å². The average Bonchev–Trinajstić information content (AvgIpc) is 3.13. The topological polar surface area (TPSA) is 97.3 Å². The lowest BCUT2D eigenvalue weighted by molar-refractivity contribution is 0.0950. The summed E-state index contributed by atoms with van der Waals surface area (Å²) in [6.45, 7) is 3.45. The highest BCUT2D eigenvalue weighted by molar-refractivity contribution is 8.15. The number of fused-ring (bicyclic) bond motifs is 3. The summed E-state index contributed by atoms with van der Waals surface area (Å²) in [6, 6.07) is 11.0. The van der Waals surface area contributed by atoms with Gasteiger partial charge in [-0.25, -0.2) is 8.42 Å². The Morgan fingerprint density at radius 2 is 2.06 bits per heavy atom. The van der Waals surface area contributed by atoms with Crippen molar-refractivity contribution in [3.05, 3.63) is 47.5 Å². The maximum atomic E-state index is 12.7. The van der Waals surface area contributed by atoms with Gasteiger partial charge >= 0.3 is 0 Å². The first-order chi connectivity index (χ1) is 15.4. The van der Waals surface area contributed by atoms with Gasteiger partial charge in [0.2, 0.25) is 0 Å². The zero-order valence-corrected chi connectivity index (χ0v) is 19.6. The van der Waals surface area contributed by atoms with E-state index in [2.05, 4.69) is 16.6 Å². The Bertz CT molecular complexity index is 1160. The van der Waals surface area contributed by atoms with Crippen molar-refractivity contribution in [1.29, 1.82) is 0 Å². The maximum Gasteiger partial charge on any atom is 0.257 e. The summed E-state index contributed by atoms with van der Waals surface area (Å²) in [7, 11) is -1.82. The number of ether oxygens (including phenoxy) is 2. The molecule has 1 amide bonds. The summed E-state index contributed by atoms with van der Waals surface area (Å²) < 4.78 is 38.5. The lowest BCUT2D eigenvalue weighted by Crippen LogP contribution is -2.35. The molecular formula is C22H25N3O5S2. The molecule has 2 aliphatic heterocycles. The van der Waals surface area contributed by atoms with E-state index in [0.717, 1.165) is 29.0 Å². The van der Waals surface area contributed by atoms with Crippen molar-refractivity contribution in [2.24, 2.45) is 4.40 Å². The number of carbonyl (C=O) groups is 1. The zero-order chi connectivity index (χ0) is 22.7. The Morgan fingerprint density at radius 3 is 2.84 bits per heavy atom. The van der Waals surface area contributed by atoms with Crippen LogP contribution in [-0.2, 0) is 16.6 Å². The number of carbonyl (C=O) groups excluding carboxylic acids is 1. The summed E-state index contributed by atoms with van der Waals surface area (Å²) >= 11 is 1.27. The summed E-state index contributed by atoms with van der Waals surface area (Å²) in [4.78, 5) is 15.4. The van der Waals surface area contributed by atoms with Gasteiger partial charge in [-0.15, -0.1) is 4.40 Å². The van der Waals surface area contributed by atoms with Crippen LogP contribution in [0.5, 0.6) is 11.5 Å². The van der Waals surface area contributed by atoms with E-state index >= 15 is 0 Å². The molecule has 8 nitrogen and oxygen atoms in total. The minimum Gasteiger partial charge on any atom is -0.493 e. The van der Waals surface area contributed by atoms with Crippen LogP contribution in [0.4, 0.5) is 5.69 Å². The fraction of sp³-hybridized carbons (Fsp3) is 0.364. The average molecular weight is 476 g/mol. The second kappa shape index (κ2) is 9.41. The quantitative estimate of drug-likeness (QED) is 0.584. The molecule has 1 N–H and O–H groups in total. The van der Waals surface area contributed by atoms with Gasteiger partial charge in [0.1, 0.15) is 0 Å². The number of unbranched alkanes of at least 4 members (excludes halogenated alkanes) is 1. The third kappa shape index (κ3) is 4.86. The third-order valence-corrected chi connectivity index (χ3v) is 7.48. The van der Waals surface area contributed by atoms with E-state index in [-0.39, 0.29) is 11.7 Å². The molecule has 10 heteroatoms. The van der Waals surface area contributed by atoms with Gasteiger partial charge in [-0.2, -0.15) is 0 Å². The smallest absolute Gasteiger partial charge is 0.257 e. The third-order valence-electron chi connectivity index (χ3n) is 5.17. The van der Waals surface area contributed by atoms with Crippen molar-refractivity contribution in [1.82, 2.24) is 5.32 Å². The molecule has 2 heterocycles. The van der Waals surface area contributed by atoms with Gasteiger partial charge in [-0.1, -0.05) is 19.4 Å². The summed E-state index contributed by atoms with van der Waals surface area (Å²) in [6.07, 6.45) is 2.03. The number of sulfonamides is 1. The molecule has 4 rings (SSSR count). The molecule has 0 saturated heterocycles. The van der Waals surface area contributed by atoms with Gasteiger partial charge in [0, 0.05) is 23.5 Å². The van der Waals surface area contributed by atoms with Crippen LogP contribution in [-0.4, -0.2) is 45.5 Å². The molecule has 0 aromatic heterocycles. The number of hydrogen-bond donors (Lipinski definition) is 1. The summed E-state index contributed by atoms with van der Waals surface area (Å²) in [5, 5.41) is 3.36. The van der Waals surface area contributed by atoms with Crippen LogP contribution >= 0.6 is 11.8 Å². The number of anilines is 1. The first-order valence-electron chi connectivity index (χ1n) is 10.4. The highest BCUT2D eigenvalue weighted by Gasteiger charge is 2.33. The van der Waals surface area contributed by atoms with E-state index in [1.54, 1.807) is 19.2 Å². The second-order valence-corrected chi connectivity index (χ2v) is 10.2. The van der Waals surface area contributed by atoms with Gasteiger partial charge < -0.3 is 19.7 Å². The molecule has 0 bridgehead atoms. The molecular weight excluding hydrogens is 450 g/mol. The molecule has 2 aromatic carbocycles. The monoisotopic (exact) mass is 475 g/mol. The fourth-order valence-corrected chi connectivity index (χ4v) is 5.72. The first kappa shape index (κ1) is 22.5. The van der Waals surface area contributed by atoms with E-state index < -0.39 is 10.0 Å². The van der Waals surface area contributed by atoms with Crippen molar-refractivity contribution in [2.45, 2.75) is 31.2 Å². The normalized spacial score (nSPS) is 16.1. The number of benzene rings is 2. The van der Waals surface area contributed by atoms with Crippen molar-refractivity contribution in [3.63, 3.8) is 0 Å². The van der Waals surface area contributed by atoms with Crippen molar-refractivity contribution in [2.75, 3.05) is 30.9 Å². The molecule has 0 aliphatic carbocycles. The highest BCUT2D eigenvalue weighted by Crippen LogP contribution is 2.42. The second-order valence-electron chi connectivity index (χ2n) is 7.47. The molecule has 2 aliphatic rings. The zero-order valence-electron chi connectivity index (χ0n) is 18.0. The molecule has 170 valence electrons. The van der Waals surface area contributed by atoms with Gasteiger partial charge in [0.15, 0.2) is 16.7 Å². The molecule has 0 radical (unpaired) electrons. The van der Waals surface area contributed by atoms with Crippen molar-refractivity contribution in [3.8, 4) is 11.5 Å². The standard InChI is InChI=1S/C22H25N3O5S2/c1-3-4-10-30-18-8-5-15(12-19(18)29-2)14-23-21(26)16-6-7-17-20(13-16)31-22-24-32(27,28)11-9-25(17)22/h5-8,12-13H,3-4,9-11,14H2,1-2H3,(H,23,26). The number of hydrogen-bond acceptors (Lipinski definition) is 7. The molecule has 0 fully saturated rings. The first-order valence-corrected chi connectivity index (χ1v) is 12.8. The Kier molecular flexibility index (Phi) is 6.61. The fourth-order valence-electron chi connectivity index (χ4n) is 3.42. The van der Waals surface area contributed by atoms with Gasteiger partial charge in [-0.05, 0) is 54.1 Å². The Balaban J connectivity index is 1.42. The SMILES string of the molecule is CCCCOc1ccc(CNC(=O)c2ccc3c(c2)SC2=NS(=O)(=O)CCN23)cc1OC. The summed E-state index contributed by atoms with van der Waals surface area (Å²) in [5.41, 5.74) is 2.28. The predicted molar refractivity (Wildman–Crippen MR) is 125 cm³/mol. The van der Waals surface area contributed by atoms with Gasteiger partial charge in [0.25, 0.3) is 15.9 Å². The van der Waals surface area contributed by atoms with E-state index in [1.165, 1.54) is 11.8 Å². The molecule has 2 aromatic rings. The number of nitrogens with one attached hydrogen (secondary N) is 1. The lowest BCUT2D eigenvalue weighted by atomic mass is 10.1. The van der Waals surface area contributed by atoms with Crippen LogP contribution in [0, 0.1) is 0 Å². The molecule has 0 atom stereocenters. The minimum absolute atomic E-state index is 0.00929. The highest BCUT2D eigenvalue weighted by atomic mass is 32.2. The Morgan fingerprint density at radius 1 is 1.22 bits per heavy atom. The van der Waals surface area contributed by atoms with Crippen LogP contribution in [0.15, 0.2) is 45.7 Å². The van der Waals surface area contributed by atoms with Crippen LogP contribution in [0.1, 0.15) is 35.7 Å². The Labute approximate surface area is 192 Å². The number of rotatable bonds is 8. The predicted octanol–water partition coefficient (Wildman–Crippen LogP) is 3.42. The number of amides is 1. The van der Waals surface area contributed by atoms with Crippen LogP contribution in [0.2, 0.25) is 0 Å². The largest absolute Gasteiger partial charge is 0.493 e. The molecule has 0 spiro atoms. The maximum absolute atomic E-state index is 12.7. The summed E-state index contributed by atoms with van der Waals surface area (Å²) in [5.74, 6) is 1.10.